The molecule has 0 saturated heterocycles. The van der Waals surface area contributed by atoms with Crippen LogP contribution in [0, 0.1) is 0 Å². The zero-order chi connectivity index (χ0) is 11.1. The van der Waals surface area contributed by atoms with E-state index in [9.17, 15) is 5.21 Å². The second-order valence-electron chi connectivity index (χ2n) is 4.51. The third kappa shape index (κ3) is 1.53. The van der Waals surface area contributed by atoms with Gasteiger partial charge in [0.15, 0.2) is 0 Å². The Hall–Kier alpha value is -1.35. The Morgan fingerprint density at radius 1 is 1.27 bits per heavy atom. The Kier molecular flexibility index (Phi) is 2.27. The number of rotatable bonds is 1. The molecule has 1 aliphatic heterocycles. The van der Waals surface area contributed by atoms with Crippen LogP contribution in [-0.4, -0.2) is 39.8 Å². The van der Waals surface area contributed by atoms with E-state index in [1.807, 2.05) is 37.4 Å². The minimum Gasteiger partial charge on any atom is -0.289 e. The van der Waals surface area contributed by atoms with E-state index in [0.717, 1.165) is 11.3 Å². The van der Waals surface area contributed by atoms with Crippen molar-refractivity contribution in [1.82, 2.24) is 4.90 Å². The largest absolute Gasteiger partial charge is 0.289 e. The minimum atomic E-state index is -0.129. The predicted octanol–water partition coefficient (Wildman–Crippen LogP) is 1.56. The van der Waals surface area contributed by atoms with Gasteiger partial charge in [-0.15, -0.1) is 0 Å². The first kappa shape index (κ1) is 10.2. The van der Waals surface area contributed by atoms with Crippen LogP contribution in [0.4, 0.5) is 0 Å². The Morgan fingerprint density at radius 3 is 2.33 bits per heavy atom. The molecule has 0 radical (unpaired) electrons. The van der Waals surface area contributed by atoms with Gasteiger partial charge in [0.25, 0.3) is 5.71 Å². The summed E-state index contributed by atoms with van der Waals surface area (Å²) in [6, 6.07) is 10.0. The molecule has 1 N–H and O–H groups in total. The molecular formula is C12H17N2O+. The molecule has 2 rings (SSSR count). The Morgan fingerprint density at radius 2 is 1.87 bits per heavy atom. The van der Waals surface area contributed by atoms with Gasteiger partial charge in [-0.05, 0) is 37.8 Å². The molecule has 15 heavy (non-hydrogen) atoms. The highest BCUT2D eigenvalue weighted by Gasteiger charge is 2.46. The predicted molar refractivity (Wildman–Crippen MR) is 59.3 cm³/mol. The molecule has 1 heterocycles. The number of hydroxylamine groups is 1. The third-order valence-corrected chi connectivity index (χ3v) is 3.19. The van der Waals surface area contributed by atoms with Crippen molar-refractivity contribution >= 4 is 5.71 Å². The number of hydrogen-bond acceptors (Lipinski definition) is 2. The van der Waals surface area contributed by atoms with E-state index in [2.05, 4.69) is 18.7 Å². The highest BCUT2D eigenvalue weighted by Crippen LogP contribution is 2.24. The molecule has 80 valence electrons. The van der Waals surface area contributed by atoms with Gasteiger partial charge in [0, 0.05) is 5.56 Å². The molecule has 3 nitrogen and oxygen atoms in total. The van der Waals surface area contributed by atoms with Crippen molar-refractivity contribution in [3.05, 3.63) is 35.9 Å². The number of benzene rings is 1. The maximum Gasteiger partial charge on any atom is 0.256 e. The van der Waals surface area contributed by atoms with Crippen molar-refractivity contribution in [2.24, 2.45) is 0 Å². The molecule has 1 aromatic carbocycles. The van der Waals surface area contributed by atoms with Crippen molar-refractivity contribution in [2.45, 2.75) is 19.4 Å². The quantitative estimate of drug-likeness (QED) is 0.556. The molecule has 0 bridgehead atoms. The second-order valence-corrected chi connectivity index (χ2v) is 4.51. The summed E-state index contributed by atoms with van der Waals surface area (Å²) in [5, 5.41) is 9.90. The summed E-state index contributed by atoms with van der Waals surface area (Å²) in [7, 11) is 2.01. The van der Waals surface area contributed by atoms with Crippen LogP contribution in [0.5, 0.6) is 0 Å². The molecule has 0 aliphatic carbocycles. The van der Waals surface area contributed by atoms with Gasteiger partial charge in [0.2, 0.25) is 6.67 Å². The van der Waals surface area contributed by atoms with Crippen LogP contribution < -0.4 is 0 Å². The van der Waals surface area contributed by atoms with E-state index in [0.29, 0.717) is 6.67 Å². The van der Waals surface area contributed by atoms with E-state index < -0.39 is 0 Å². The van der Waals surface area contributed by atoms with E-state index in [-0.39, 0.29) is 5.54 Å². The van der Waals surface area contributed by atoms with Crippen LogP contribution in [0.2, 0.25) is 0 Å². The molecule has 1 aromatic rings. The zero-order valence-electron chi connectivity index (χ0n) is 9.44. The topological polar surface area (TPSA) is 26.5 Å². The fourth-order valence-corrected chi connectivity index (χ4v) is 2.04. The first-order chi connectivity index (χ1) is 7.03. The summed E-state index contributed by atoms with van der Waals surface area (Å²) >= 11 is 0. The monoisotopic (exact) mass is 205 g/mol. The van der Waals surface area contributed by atoms with Gasteiger partial charge in [-0.1, -0.05) is 18.2 Å². The van der Waals surface area contributed by atoms with Gasteiger partial charge in [0.1, 0.15) is 5.54 Å². The Balaban J connectivity index is 2.49. The summed E-state index contributed by atoms with van der Waals surface area (Å²) in [6.45, 7) is 4.79. The maximum atomic E-state index is 9.90. The van der Waals surface area contributed by atoms with Gasteiger partial charge in [-0.3, -0.25) is 5.21 Å². The van der Waals surface area contributed by atoms with Crippen molar-refractivity contribution in [3.8, 4) is 0 Å². The van der Waals surface area contributed by atoms with Crippen LogP contribution in [0.15, 0.2) is 30.3 Å². The lowest BCUT2D eigenvalue weighted by molar-refractivity contribution is -0.777. The van der Waals surface area contributed by atoms with Crippen LogP contribution >= 0.6 is 0 Å². The van der Waals surface area contributed by atoms with Crippen molar-refractivity contribution < 1.29 is 9.95 Å². The Bertz CT molecular complexity index is 395. The standard InChI is InChI=1S/C12H17N2O/c1-12(2)11(14(15)9-13(12)3)10-7-5-4-6-8-10/h4-8,15H,9H2,1-3H3/q+1. The van der Waals surface area contributed by atoms with E-state index in [1.54, 1.807) is 0 Å². The summed E-state index contributed by atoms with van der Waals surface area (Å²) in [4.78, 5) is 2.12. The van der Waals surface area contributed by atoms with E-state index in [4.69, 9.17) is 0 Å². The molecule has 0 aromatic heterocycles. The van der Waals surface area contributed by atoms with Crippen LogP contribution in [0.1, 0.15) is 19.4 Å². The molecule has 3 heteroatoms. The number of likely N-dealkylation sites (N-methyl/N-ethyl adjacent to an activating group) is 1. The molecular weight excluding hydrogens is 188 g/mol. The third-order valence-electron chi connectivity index (χ3n) is 3.19. The molecule has 0 amide bonds. The number of hydrogen-bond donors (Lipinski definition) is 1. The van der Waals surface area contributed by atoms with E-state index in [1.165, 1.54) is 4.74 Å². The summed E-state index contributed by atoms with van der Waals surface area (Å²) in [5.74, 6) is 0. The van der Waals surface area contributed by atoms with E-state index >= 15 is 0 Å². The highest BCUT2D eigenvalue weighted by molar-refractivity contribution is 6.03. The molecule has 0 atom stereocenters. The van der Waals surface area contributed by atoms with Gasteiger partial charge >= 0.3 is 0 Å². The first-order valence-electron chi connectivity index (χ1n) is 5.14. The molecule has 0 fully saturated rings. The first-order valence-corrected chi connectivity index (χ1v) is 5.14. The lowest BCUT2D eigenvalue weighted by Gasteiger charge is -2.23. The van der Waals surface area contributed by atoms with Crippen LogP contribution in [0.25, 0.3) is 0 Å². The number of nitrogens with zero attached hydrogens (tertiary/aromatic N) is 2. The van der Waals surface area contributed by atoms with Crippen LogP contribution in [0.3, 0.4) is 0 Å². The average molecular weight is 205 g/mol. The van der Waals surface area contributed by atoms with Gasteiger partial charge in [-0.25, -0.2) is 4.90 Å². The smallest absolute Gasteiger partial charge is 0.256 e. The van der Waals surface area contributed by atoms with Crippen molar-refractivity contribution in [3.63, 3.8) is 0 Å². The average Bonchev–Trinajstić information content (AvgIpc) is 2.37. The fraction of sp³-hybridized carbons (Fsp3) is 0.417. The Labute approximate surface area is 90.2 Å². The highest BCUT2D eigenvalue weighted by atomic mass is 16.5. The van der Waals surface area contributed by atoms with Gasteiger partial charge in [0.05, 0.1) is 0 Å². The molecule has 1 aliphatic rings. The lowest BCUT2D eigenvalue weighted by atomic mass is 9.92. The summed E-state index contributed by atoms with van der Waals surface area (Å²) in [6.07, 6.45) is 0. The molecule has 0 saturated carbocycles. The SMILES string of the molecule is CN1C[N+](O)=C(c2ccccc2)C1(C)C. The van der Waals surface area contributed by atoms with Crippen LogP contribution in [-0.2, 0) is 0 Å². The molecule has 0 unspecified atom stereocenters. The summed E-state index contributed by atoms with van der Waals surface area (Å²) < 4.78 is 1.33. The summed E-state index contributed by atoms with van der Waals surface area (Å²) in [5.41, 5.74) is 1.91. The maximum absolute atomic E-state index is 9.90. The van der Waals surface area contributed by atoms with Crippen molar-refractivity contribution in [1.29, 1.82) is 0 Å². The molecule has 0 spiro atoms. The fourth-order valence-electron chi connectivity index (χ4n) is 2.04. The lowest BCUT2D eigenvalue weighted by Crippen LogP contribution is -2.42. The normalized spacial score (nSPS) is 21.0. The minimum absolute atomic E-state index is 0.129. The van der Waals surface area contributed by atoms with Gasteiger partial charge < -0.3 is 0 Å². The van der Waals surface area contributed by atoms with Crippen molar-refractivity contribution in [2.75, 3.05) is 13.7 Å². The zero-order valence-corrected chi connectivity index (χ0v) is 9.44. The van der Waals surface area contributed by atoms with Gasteiger partial charge in [-0.2, -0.15) is 0 Å². The second kappa shape index (κ2) is 3.35.